The van der Waals surface area contributed by atoms with Gasteiger partial charge in [-0.2, -0.15) is 0 Å². The van der Waals surface area contributed by atoms with Gasteiger partial charge in [0.25, 0.3) is 0 Å². The Morgan fingerprint density at radius 3 is 2.28 bits per heavy atom. The summed E-state index contributed by atoms with van der Waals surface area (Å²) in [5.41, 5.74) is 5.37. The van der Waals surface area contributed by atoms with Crippen LogP contribution in [0.25, 0.3) is 0 Å². The molecule has 0 aliphatic heterocycles. The van der Waals surface area contributed by atoms with Gasteiger partial charge >= 0.3 is 0 Å². The van der Waals surface area contributed by atoms with Crippen LogP contribution in [-0.2, 0) is 7.05 Å². The third-order valence-electron chi connectivity index (χ3n) is 3.01. The zero-order valence-electron chi connectivity index (χ0n) is 11.4. The molecule has 1 heterocycles. The molecule has 2 aromatic rings. The number of aryl methyl sites for hydroxylation is 4. The average Bonchev–Trinajstić information content (AvgIpc) is 2.62. The maximum absolute atomic E-state index is 4.02. The van der Waals surface area contributed by atoms with Gasteiger partial charge < -0.3 is 0 Å². The van der Waals surface area contributed by atoms with Crippen LogP contribution in [0.1, 0.15) is 34.4 Å². The molecule has 96 valence electrons. The zero-order chi connectivity index (χ0) is 13.3. The summed E-state index contributed by atoms with van der Waals surface area (Å²) in [6, 6.07) is 4.46. The summed E-state index contributed by atoms with van der Waals surface area (Å²) in [5, 5.41) is 12.7. The fourth-order valence-corrected chi connectivity index (χ4v) is 3.45. The van der Waals surface area contributed by atoms with Gasteiger partial charge in [0.15, 0.2) is 0 Å². The summed E-state index contributed by atoms with van der Waals surface area (Å²) >= 11 is 1.69. The summed E-state index contributed by atoms with van der Waals surface area (Å²) in [6.07, 6.45) is 0. The SMILES string of the molecule is Cc1cc(C)c(C(C)Sc2nnnn2C)c(C)c1. The number of benzene rings is 1. The highest BCUT2D eigenvalue weighted by molar-refractivity contribution is 7.99. The van der Waals surface area contributed by atoms with Crippen LogP contribution in [0.5, 0.6) is 0 Å². The van der Waals surface area contributed by atoms with Crippen LogP contribution in [0.4, 0.5) is 0 Å². The van der Waals surface area contributed by atoms with Gasteiger partial charge in [0.05, 0.1) is 0 Å². The molecule has 0 saturated carbocycles. The Morgan fingerprint density at radius 2 is 1.78 bits per heavy atom. The Morgan fingerprint density at radius 1 is 1.17 bits per heavy atom. The first-order valence-electron chi connectivity index (χ1n) is 5.95. The van der Waals surface area contributed by atoms with E-state index in [9.17, 15) is 0 Å². The number of tetrazole rings is 1. The van der Waals surface area contributed by atoms with Crippen molar-refractivity contribution in [2.24, 2.45) is 7.05 Å². The van der Waals surface area contributed by atoms with Crippen molar-refractivity contribution < 1.29 is 0 Å². The lowest BCUT2D eigenvalue weighted by atomic mass is 9.98. The van der Waals surface area contributed by atoms with Crippen LogP contribution in [0.3, 0.4) is 0 Å². The van der Waals surface area contributed by atoms with Gasteiger partial charge in [0.2, 0.25) is 5.16 Å². The molecule has 18 heavy (non-hydrogen) atoms. The highest BCUT2D eigenvalue weighted by atomic mass is 32.2. The van der Waals surface area contributed by atoms with E-state index in [0.29, 0.717) is 5.25 Å². The van der Waals surface area contributed by atoms with Crippen molar-refractivity contribution in [1.82, 2.24) is 20.2 Å². The largest absolute Gasteiger partial charge is 0.224 e. The van der Waals surface area contributed by atoms with E-state index in [2.05, 4.69) is 55.4 Å². The first-order valence-corrected chi connectivity index (χ1v) is 6.83. The van der Waals surface area contributed by atoms with Crippen molar-refractivity contribution in [2.75, 3.05) is 0 Å². The minimum Gasteiger partial charge on any atom is -0.224 e. The Labute approximate surface area is 112 Å². The Bertz CT molecular complexity index is 539. The summed E-state index contributed by atoms with van der Waals surface area (Å²) in [4.78, 5) is 0. The quantitative estimate of drug-likeness (QED) is 0.798. The molecule has 1 atom stereocenters. The lowest BCUT2D eigenvalue weighted by molar-refractivity contribution is 0.663. The minimum atomic E-state index is 0.343. The monoisotopic (exact) mass is 262 g/mol. The van der Waals surface area contributed by atoms with Crippen molar-refractivity contribution in [3.8, 4) is 0 Å². The van der Waals surface area contributed by atoms with Gasteiger partial charge in [-0.3, -0.25) is 0 Å². The predicted octanol–water partition coefficient (Wildman–Crippen LogP) is 2.99. The van der Waals surface area contributed by atoms with E-state index in [-0.39, 0.29) is 0 Å². The average molecular weight is 262 g/mol. The number of hydrogen-bond acceptors (Lipinski definition) is 4. The molecule has 1 aromatic heterocycles. The topological polar surface area (TPSA) is 43.6 Å². The second-order valence-electron chi connectivity index (χ2n) is 4.66. The van der Waals surface area contributed by atoms with Crippen molar-refractivity contribution in [3.63, 3.8) is 0 Å². The minimum absolute atomic E-state index is 0.343. The summed E-state index contributed by atoms with van der Waals surface area (Å²) in [6.45, 7) is 8.67. The first kappa shape index (κ1) is 13.1. The fraction of sp³-hybridized carbons (Fsp3) is 0.462. The van der Waals surface area contributed by atoms with E-state index in [1.54, 1.807) is 16.4 Å². The Balaban J connectivity index is 2.29. The number of rotatable bonds is 3. The molecular weight excluding hydrogens is 244 g/mol. The second-order valence-corrected chi connectivity index (χ2v) is 5.97. The number of aromatic nitrogens is 4. The maximum atomic E-state index is 4.02. The second kappa shape index (κ2) is 5.10. The smallest absolute Gasteiger partial charge is 0.209 e. The van der Waals surface area contributed by atoms with Gasteiger partial charge in [-0.1, -0.05) is 29.5 Å². The molecule has 0 bridgehead atoms. The molecule has 0 radical (unpaired) electrons. The summed E-state index contributed by atoms with van der Waals surface area (Å²) < 4.78 is 1.71. The van der Waals surface area contributed by atoms with Crippen molar-refractivity contribution >= 4 is 11.8 Å². The Hall–Kier alpha value is -1.36. The van der Waals surface area contributed by atoms with Crippen LogP contribution in [-0.4, -0.2) is 20.2 Å². The van der Waals surface area contributed by atoms with Gasteiger partial charge in [-0.25, -0.2) is 4.68 Å². The molecule has 0 aliphatic carbocycles. The number of nitrogens with zero attached hydrogens (tertiary/aromatic N) is 4. The molecule has 0 aliphatic rings. The lowest BCUT2D eigenvalue weighted by Gasteiger charge is -2.17. The summed E-state index contributed by atoms with van der Waals surface area (Å²) in [7, 11) is 1.86. The number of hydrogen-bond donors (Lipinski definition) is 0. The van der Waals surface area contributed by atoms with Crippen molar-refractivity contribution in [2.45, 2.75) is 38.1 Å². The first-order chi connectivity index (χ1) is 8.49. The predicted molar refractivity (Wildman–Crippen MR) is 73.7 cm³/mol. The number of thioether (sulfide) groups is 1. The molecule has 1 aromatic carbocycles. The molecule has 4 nitrogen and oxygen atoms in total. The normalized spacial score (nSPS) is 12.7. The molecule has 0 amide bonds. The van der Waals surface area contributed by atoms with E-state index in [1.165, 1.54) is 22.3 Å². The van der Waals surface area contributed by atoms with E-state index in [1.807, 2.05) is 7.05 Å². The van der Waals surface area contributed by atoms with Crippen LogP contribution in [0.2, 0.25) is 0 Å². The molecule has 1 unspecified atom stereocenters. The van der Waals surface area contributed by atoms with Crippen LogP contribution < -0.4 is 0 Å². The fourth-order valence-electron chi connectivity index (χ4n) is 2.37. The van der Waals surface area contributed by atoms with E-state index < -0.39 is 0 Å². The highest BCUT2D eigenvalue weighted by Gasteiger charge is 2.16. The van der Waals surface area contributed by atoms with E-state index in [4.69, 9.17) is 0 Å². The lowest BCUT2D eigenvalue weighted by Crippen LogP contribution is -2.00. The van der Waals surface area contributed by atoms with Gasteiger partial charge in [0, 0.05) is 12.3 Å². The van der Waals surface area contributed by atoms with Crippen molar-refractivity contribution in [3.05, 3.63) is 34.4 Å². The van der Waals surface area contributed by atoms with Crippen molar-refractivity contribution in [1.29, 1.82) is 0 Å². The highest BCUT2D eigenvalue weighted by Crippen LogP contribution is 2.36. The summed E-state index contributed by atoms with van der Waals surface area (Å²) in [5.74, 6) is 0. The molecule has 0 saturated heterocycles. The molecule has 0 fully saturated rings. The molecule has 0 N–H and O–H groups in total. The Kier molecular flexibility index (Phi) is 3.71. The van der Waals surface area contributed by atoms with Crippen LogP contribution >= 0.6 is 11.8 Å². The van der Waals surface area contributed by atoms with Crippen LogP contribution in [0.15, 0.2) is 17.3 Å². The van der Waals surface area contributed by atoms with Gasteiger partial charge in [-0.05, 0) is 54.8 Å². The molecule has 0 spiro atoms. The maximum Gasteiger partial charge on any atom is 0.209 e. The molecule has 5 heteroatoms. The van der Waals surface area contributed by atoms with Gasteiger partial charge in [-0.15, -0.1) is 5.10 Å². The van der Waals surface area contributed by atoms with E-state index in [0.717, 1.165) is 5.16 Å². The zero-order valence-corrected chi connectivity index (χ0v) is 12.2. The molecule has 2 rings (SSSR count). The standard InChI is InChI=1S/C13H18N4S/c1-8-6-9(2)12(10(3)7-8)11(4)18-13-14-15-16-17(13)5/h6-7,11H,1-5H3. The third-order valence-corrected chi connectivity index (χ3v) is 4.15. The van der Waals surface area contributed by atoms with Gasteiger partial charge in [0.1, 0.15) is 0 Å². The van der Waals surface area contributed by atoms with Crippen LogP contribution in [0, 0.1) is 20.8 Å². The van der Waals surface area contributed by atoms with E-state index >= 15 is 0 Å². The third kappa shape index (κ3) is 2.56. The molecular formula is C13H18N4S.